The highest BCUT2D eigenvalue weighted by Gasteiger charge is 2.65. The first-order chi connectivity index (χ1) is 8.06. The summed E-state index contributed by atoms with van der Waals surface area (Å²) in [6.07, 6.45) is 3.68. The highest BCUT2D eigenvalue weighted by molar-refractivity contribution is 5.35. The Balaban J connectivity index is 2.03. The van der Waals surface area contributed by atoms with Gasteiger partial charge in [-0.2, -0.15) is 0 Å². The van der Waals surface area contributed by atoms with E-state index in [4.69, 9.17) is 0 Å². The molecule has 3 rings (SSSR count). The summed E-state index contributed by atoms with van der Waals surface area (Å²) in [7, 11) is 0. The summed E-state index contributed by atoms with van der Waals surface area (Å²) < 4.78 is 39.7. The van der Waals surface area contributed by atoms with Crippen molar-refractivity contribution in [3.05, 3.63) is 35.1 Å². The Morgan fingerprint density at radius 1 is 1.00 bits per heavy atom. The van der Waals surface area contributed by atoms with Crippen LogP contribution in [-0.4, -0.2) is 5.11 Å². The molecule has 0 heterocycles. The van der Waals surface area contributed by atoms with Crippen molar-refractivity contribution in [2.45, 2.75) is 31.3 Å². The lowest BCUT2D eigenvalue weighted by Crippen LogP contribution is -2.14. The first-order valence-electron chi connectivity index (χ1n) is 5.93. The molecule has 2 aliphatic rings. The second kappa shape index (κ2) is 3.48. The Kier molecular flexibility index (Phi) is 2.27. The van der Waals surface area contributed by atoms with Crippen LogP contribution in [0.2, 0.25) is 0 Å². The molecular weight excluding hydrogens is 229 g/mol. The summed E-state index contributed by atoms with van der Waals surface area (Å²) in [5.41, 5.74) is -1.34. The lowest BCUT2D eigenvalue weighted by atomic mass is 10.0. The third-order valence-electron chi connectivity index (χ3n) is 4.25. The van der Waals surface area contributed by atoms with Crippen molar-refractivity contribution >= 4 is 0 Å². The predicted octanol–water partition coefficient (Wildman–Crippen LogP) is 3.11. The van der Waals surface area contributed by atoms with E-state index in [0.29, 0.717) is 0 Å². The molecule has 0 amide bonds. The molecule has 1 aromatic rings. The normalized spacial score (nSPS) is 35.5. The molecule has 0 saturated heterocycles. The molecule has 2 atom stereocenters. The molecule has 2 fully saturated rings. The zero-order valence-corrected chi connectivity index (χ0v) is 9.22. The van der Waals surface area contributed by atoms with Crippen LogP contribution in [0.3, 0.4) is 0 Å². The van der Waals surface area contributed by atoms with Crippen molar-refractivity contribution in [1.29, 1.82) is 0 Å². The van der Waals surface area contributed by atoms with Crippen LogP contribution in [0.5, 0.6) is 0 Å². The Bertz CT molecular complexity index is 460. The van der Waals surface area contributed by atoms with Crippen LogP contribution in [0.4, 0.5) is 13.2 Å². The number of hydrogen-bond acceptors (Lipinski definition) is 1. The maximum absolute atomic E-state index is 13.7. The van der Waals surface area contributed by atoms with Crippen LogP contribution in [0.1, 0.15) is 31.2 Å². The number of fused-ring (bicyclic) bond motifs is 1. The van der Waals surface area contributed by atoms with Crippen molar-refractivity contribution < 1.29 is 18.3 Å². The summed E-state index contributed by atoms with van der Waals surface area (Å²) in [5, 5.41) is 10.4. The van der Waals surface area contributed by atoms with Crippen molar-refractivity contribution in [3.63, 3.8) is 0 Å². The quantitative estimate of drug-likeness (QED) is 0.750. The standard InChI is InChI=1S/C13H13F3O/c14-10-6-5-9(11(15)12(10)16)13(17)7-3-1-2-4-8(7)13/h5-8,17H,1-4H2. The van der Waals surface area contributed by atoms with E-state index in [1.807, 2.05) is 0 Å². The average Bonchev–Trinajstić information content (AvgIpc) is 2.94. The summed E-state index contributed by atoms with van der Waals surface area (Å²) in [6, 6.07) is 2.06. The SMILES string of the molecule is OC1(c2ccc(F)c(F)c2F)C2CCCCC21. The first-order valence-corrected chi connectivity index (χ1v) is 5.93. The van der Waals surface area contributed by atoms with Gasteiger partial charge in [0.25, 0.3) is 0 Å². The molecule has 0 aromatic heterocycles. The van der Waals surface area contributed by atoms with Gasteiger partial charge in [-0.05, 0) is 30.7 Å². The van der Waals surface area contributed by atoms with Crippen LogP contribution >= 0.6 is 0 Å². The molecule has 2 aliphatic carbocycles. The largest absolute Gasteiger partial charge is 0.384 e. The zero-order valence-electron chi connectivity index (χ0n) is 9.22. The van der Waals surface area contributed by atoms with Gasteiger partial charge in [0.05, 0.1) is 5.60 Å². The summed E-state index contributed by atoms with van der Waals surface area (Å²) >= 11 is 0. The topological polar surface area (TPSA) is 20.2 Å². The minimum Gasteiger partial charge on any atom is -0.384 e. The van der Waals surface area contributed by atoms with Crippen molar-refractivity contribution in [2.75, 3.05) is 0 Å². The van der Waals surface area contributed by atoms with Crippen LogP contribution < -0.4 is 0 Å². The number of hydrogen-bond donors (Lipinski definition) is 1. The van der Waals surface area contributed by atoms with Crippen molar-refractivity contribution in [2.24, 2.45) is 11.8 Å². The highest BCUT2D eigenvalue weighted by Crippen LogP contribution is 2.64. The fourth-order valence-electron chi connectivity index (χ4n) is 3.33. The summed E-state index contributed by atoms with van der Waals surface area (Å²) in [6.45, 7) is 0. The molecule has 0 spiro atoms. The molecule has 1 nitrogen and oxygen atoms in total. The van der Waals surface area contributed by atoms with E-state index < -0.39 is 23.1 Å². The number of halogens is 3. The van der Waals surface area contributed by atoms with Gasteiger partial charge >= 0.3 is 0 Å². The zero-order chi connectivity index (χ0) is 12.2. The molecule has 0 bridgehead atoms. The van der Waals surface area contributed by atoms with Crippen LogP contribution in [0.15, 0.2) is 12.1 Å². The Morgan fingerprint density at radius 3 is 2.18 bits per heavy atom. The highest BCUT2D eigenvalue weighted by atomic mass is 19.2. The lowest BCUT2D eigenvalue weighted by Gasteiger charge is -2.12. The first kappa shape index (κ1) is 11.1. The molecule has 17 heavy (non-hydrogen) atoms. The van der Waals surface area contributed by atoms with Gasteiger partial charge in [0.2, 0.25) is 0 Å². The third kappa shape index (κ3) is 1.36. The smallest absolute Gasteiger partial charge is 0.194 e. The minimum absolute atomic E-state index is 0.00983. The van der Waals surface area contributed by atoms with E-state index in [-0.39, 0.29) is 17.4 Å². The molecule has 0 aliphatic heterocycles. The second-order valence-corrected chi connectivity index (χ2v) is 5.05. The molecule has 92 valence electrons. The van der Waals surface area contributed by atoms with Gasteiger partial charge in [-0.1, -0.05) is 18.9 Å². The fraction of sp³-hybridized carbons (Fsp3) is 0.538. The third-order valence-corrected chi connectivity index (χ3v) is 4.25. The number of benzene rings is 1. The van der Waals surface area contributed by atoms with E-state index in [2.05, 4.69) is 0 Å². The Morgan fingerprint density at radius 2 is 1.59 bits per heavy atom. The minimum atomic E-state index is -1.49. The fourth-order valence-corrected chi connectivity index (χ4v) is 3.33. The summed E-state index contributed by atoms with van der Waals surface area (Å²) in [4.78, 5) is 0. The average molecular weight is 242 g/mol. The van der Waals surface area contributed by atoms with E-state index in [1.54, 1.807) is 0 Å². The summed E-state index contributed by atoms with van der Waals surface area (Å²) in [5.74, 6) is -3.91. The number of aliphatic hydroxyl groups is 1. The van der Waals surface area contributed by atoms with Crippen LogP contribution in [0.25, 0.3) is 0 Å². The van der Waals surface area contributed by atoms with Gasteiger partial charge in [-0.25, -0.2) is 13.2 Å². The monoisotopic (exact) mass is 242 g/mol. The van der Waals surface area contributed by atoms with Gasteiger partial charge in [0.1, 0.15) is 0 Å². The van der Waals surface area contributed by atoms with Gasteiger partial charge < -0.3 is 5.11 Å². The van der Waals surface area contributed by atoms with Crippen molar-refractivity contribution in [1.82, 2.24) is 0 Å². The molecule has 1 aromatic carbocycles. The second-order valence-electron chi connectivity index (χ2n) is 5.05. The molecule has 2 unspecified atom stereocenters. The Hall–Kier alpha value is -1.03. The van der Waals surface area contributed by atoms with Gasteiger partial charge in [-0.3, -0.25) is 0 Å². The Labute approximate surface area is 97.3 Å². The van der Waals surface area contributed by atoms with Gasteiger partial charge in [-0.15, -0.1) is 0 Å². The molecular formula is C13H13F3O. The molecule has 2 saturated carbocycles. The van der Waals surface area contributed by atoms with Gasteiger partial charge in [0.15, 0.2) is 17.5 Å². The van der Waals surface area contributed by atoms with E-state index in [9.17, 15) is 18.3 Å². The van der Waals surface area contributed by atoms with E-state index >= 15 is 0 Å². The number of rotatable bonds is 1. The molecule has 1 N–H and O–H groups in total. The van der Waals surface area contributed by atoms with Crippen molar-refractivity contribution in [3.8, 4) is 0 Å². The lowest BCUT2D eigenvalue weighted by molar-refractivity contribution is 0.112. The maximum Gasteiger partial charge on any atom is 0.194 e. The van der Waals surface area contributed by atoms with E-state index in [0.717, 1.165) is 31.7 Å². The van der Waals surface area contributed by atoms with Gasteiger partial charge in [0, 0.05) is 5.56 Å². The van der Waals surface area contributed by atoms with Crippen LogP contribution in [-0.2, 0) is 5.60 Å². The maximum atomic E-state index is 13.7. The molecule has 4 heteroatoms. The predicted molar refractivity (Wildman–Crippen MR) is 55.7 cm³/mol. The van der Waals surface area contributed by atoms with Crippen LogP contribution in [0, 0.1) is 29.3 Å². The molecule has 0 radical (unpaired) electrons. The van der Waals surface area contributed by atoms with E-state index in [1.165, 1.54) is 6.07 Å².